The SMILES string of the molecule is CC(C)Nc1ccc(N(C(=O)CN2CCN(C)CC2)c2ccccc2)cc1. The van der Waals surface area contributed by atoms with Gasteiger partial charge in [0.2, 0.25) is 5.91 Å². The van der Waals surface area contributed by atoms with E-state index < -0.39 is 0 Å². The summed E-state index contributed by atoms with van der Waals surface area (Å²) in [5.41, 5.74) is 2.86. The second-order valence-electron chi connectivity index (χ2n) is 7.49. The Morgan fingerprint density at radius 1 is 0.963 bits per heavy atom. The summed E-state index contributed by atoms with van der Waals surface area (Å²) in [5.74, 6) is 0.107. The molecule has 1 aliphatic rings. The van der Waals surface area contributed by atoms with Crippen LogP contribution in [0.25, 0.3) is 0 Å². The molecule has 1 N–H and O–H groups in total. The highest BCUT2D eigenvalue weighted by atomic mass is 16.2. The van der Waals surface area contributed by atoms with Crippen LogP contribution in [0.2, 0.25) is 0 Å². The smallest absolute Gasteiger partial charge is 0.245 e. The molecule has 0 aliphatic carbocycles. The first-order valence-corrected chi connectivity index (χ1v) is 9.68. The summed E-state index contributed by atoms with van der Waals surface area (Å²) in [6.07, 6.45) is 0. The van der Waals surface area contributed by atoms with Crippen molar-refractivity contribution in [2.45, 2.75) is 19.9 Å². The lowest BCUT2D eigenvalue weighted by atomic mass is 10.2. The number of amides is 1. The van der Waals surface area contributed by atoms with Gasteiger partial charge in [0.05, 0.1) is 6.54 Å². The first kappa shape index (κ1) is 19.4. The summed E-state index contributed by atoms with van der Waals surface area (Å²) in [6.45, 7) is 8.55. The summed E-state index contributed by atoms with van der Waals surface area (Å²) < 4.78 is 0. The Morgan fingerprint density at radius 3 is 2.15 bits per heavy atom. The fraction of sp³-hybridized carbons (Fsp3) is 0.409. The standard InChI is InChI=1S/C22H30N4O/c1-18(2)23-19-9-11-21(12-10-19)26(20-7-5-4-6-8-20)22(27)17-25-15-13-24(3)14-16-25/h4-12,18,23H,13-17H2,1-3H3. The number of nitrogens with zero attached hydrogens (tertiary/aromatic N) is 3. The minimum atomic E-state index is 0.107. The van der Waals surface area contributed by atoms with E-state index in [0.29, 0.717) is 12.6 Å². The summed E-state index contributed by atoms with van der Waals surface area (Å²) >= 11 is 0. The lowest BCUT2D eigenvalue weighted by Gasteiger charge is -2.33. The second kappa shape index (κ2) is 9.02. The maximum absolute atomic E-state index is 13.2. The average Bonchev–Trinajstić information content (AvgIpc) is 2.66. The Morgan fingerprint density at radius 2 is 1.56 bits per heavy atom. The fourth-order valence-electron chi connectivity index (χ4n) is 3.32. The van der Waals surface area contributed by atoms with Gasteiger partial charge in [-0.1, -0.05) is 18.2 Å². The van der Waals surface area contributed by atoms with E-state index in [-0.39, 0.29) is 5.91 Å². The number of hydrogen-bond acceptors (Lipinski definition) is 4. The Balaban J connectivity index is 1.80. The molecule has 0 spiro atoms. The van der Waals surface area contributed by atoms with Crippen LogP contribution in [0, 0.1) is 0 Å². The predicted molar refractivity (Wildman–Crippen MR) is 113 cm³/mol. The summed E-state index contributed by atoms with van der Waals surface area (Å²) in [7, 11) is 2.13. The van der Waals surface area contributed by atoms with Crippen molar-refractivity contribution in [2.75, 3.05) is 50.0 Å². The van der Waals surface area contributed by atoms with Crippen molar-refractivity contribution in [1.29, 1.82) is 0 Å². The maximum Gasteiger partial charge on any atom is 0.245 e. The average molecular weight is 367 g/mol. The zero-order valence-corrected chi connectivity index (χ0v) is 16.6. The number of rotatable bonds is 6. The predicted octanol–water partition coefficient (Wildman–Crippen LogP) is 3.42. The molecule has 0 saturated carbocycles. The van der Waals surface area contributed by atoms with Crippen molar-refractivity contribution in [2.24, 2.45) is 0 Å². The molecule has 0 aromatic heterocycles. The highest BCUT2D eigenvalue weighted by molar-refractivity contribution is 6.01. The molecule has 1 aliphatic heterocycles. The highest BCUT2D eigenvalue weighted by Crippen LogP contribution is 2.27. The number of nitrogens with one attached hydrogen (secondary N) is 1. The number of hydrogen-bond donors (Lipinski definition) is 1. The molecule has 144 valence electrons. The molecule has 27 heavy (non-hydrogen) atoms. The molecule has 1 heterocycles. The van der Waals surface area contributed by atoms with Crippen LogP contribution in [0.5, 0.6) is 0 Å². The normalized spacial score (nSPS) is 15.7. The van der Waals surface area contributed by atoms with Crippen LogP contribution >= 0.6 is 0 Å². The Kier molecular flexibility index (Phi) is 6.48. The van der Waals surface area contributed by atoms with Gasteiger partial charge in [0.15, 0.2) is 0 Å². The molecule has 5 nitrogen and oxygen atoms in total. The van der Waals surface area contributed by atoms with Crippen molar-refractivity contribution in [3.05, 3.63) is 54.6 Å². The lowest BCUT2D eigenvalue weighted by molar-refractivity contribution is -0.119. The Hall–Kier alpha value is -2.37. The van der Waals surface area contributed by atoms with Crippen LogP contribution in [0.15, 0.2) is 54.6 Å². The number of likely N-dealkylation sites (N-methyl/N-ethyl adjacent to an activating group) is 1. The summed E-state index contributed by atoms with van der Waals surface area (Å²) in [5, 5.41) is 3.39. The molecule has 3 rings (SSSR count). The molecule has 5 heteroatoms. The van der Waals surface area contributed by atoms with Crippen LogP contribution in [0.3, 0.4) is 0 Å². The zero-order chi connectivity index (χ0) is 19.2. The van der Waals surface area contributed by atoms with E-state index in [0.717, 1.165) is 43.2 Å². The molecule has 0 unspecified atom stereocenters. The number of benzene rings is 2. The number of carbonyl (C=O) groups excluding carboxylic acids is 1. The minimum Gasteiger partial charge on any atom is -0.383 e. The molecular formula is C22H30N4O. The third kappa shape index (κ3) is 5.31. The van der Waals surface area contributed by atoms with Crippen LogP contribution in [0.4, 0.5) is 17.1 Å². The molecule has 0 radical (unpaired) electrons. The second-order valence-corrected chi connectivity index (χ2v) is 7.49. The van der Waals surface area contributed by atoms with Crippen molar-refractivity contribution < 1.29 is 4.79 Å². The first-order chi connectivity index (χ1) is 13.0. The van der Waals surface area contributed by atoms with E-state index in [1.165, 1.54) is 0 Å². The zero-order valence-electron chi connectivity index (χ0n) is 16.6. The monoisotopic (exact) mass is 366 g/mol. The largest absolute Gasteiger partial charge is 0.383 e. The van der Waals surface area contributed by atoms with Crippen molar-refractivity contribution in [3.8, 4) is 0 Å². The number of carbonyl (C=O) groups is 1. The van der Waals surface area contributed by atoms with Gasteiger partial charge < -0.3 is 10.2 Å². The Bertz CT molecular complexity index is 722. The van der Waals surface area contributed by atoms with Crippen molar-refractivity contribution in [3.63, 3.8) is 0 Å². The molecule has 0 bridgehead atoms. The van der Waals surface area contributed by atoms with Gasteiger partial charge in [-0.05, 0) is 57.3 Å². The van der Waals surface area contributed by atoms with E-state index in [4.69, 9.17) is 0 Å². The van der Waals surface area contributed by atoms with Crippen LogP contribution in [-0.2, 0) is 4.79 Å². The molecule has 1 fully saturated rings. The number of piperazine rings is 1. The third-order valence-electron chi connectivity index (χ3n) is 4.80. The van der Waals surface area contributed by atoms with Crippen LogP contribution < -0.4 is 10.2 Å². The minimum absolute atomic E-state index is 0.107. The van der Waals surface area contributed by atoms with Gasteiger partial charge in [0, 0.05) is 49.3 Å². The van der Waals surface area contributed by atoms with Gasteiger partial charge >= 0.3 is 0 Å². The van der Waals surface area contributed by atoms with Crippen molar-refractivity contribution in [1.82, 2.24) is 9.80 Å². The molecule has 1 amide bonds. The number of para-hydroxylation sites is 1. The van der Waals surface area contributed by atoms with Crippen LogP contribution in [0.1, 0.15) is 13.8 Å². The van der Waals surface area contributed by atoms with Crippen LogP contribution in [-0.4, -0.2) is 61.5 Å². The molecule has 0 atom stereocenters. The maximum atomic E-state index is 13.2. The van der Waals surface area contributed by atoms with E-state index in [1.807, 2.05) is 59.5 Å². The van der Waals surface area contributed by atoms with Gasteiger partial charge in [0.1, 0.15) is 0 Å². The topological polar surface area (TPSA) is 38.8 Å². The van der Waals surface area contributed by atoms with Gasteiger partial charge in [-0.3, -0.25) is 14.6 Å². The highest BCUT2D eigenvalue weighted by Gasteiger charge is 2.22. The third-order valence-corrected chi connectivity index (χ3v) is 4.80. The van der Waals surface area contributed by atoms with E-state index in [1.54, 1.807) is 0 Å². The quantitative estimate of drug-likeness (QED) is 0.850. The van der Waals surface area contributed by atoms with Gasteiger partial charge in [-0.25, -0.2) is 0 Å². The summed E-state index contributed by atoms with van der Waals surface area (Å²) in [4.78, 5) is 19.6. The lowest BCUT2D eigenvalue weighted by Crippen LogP contribution is -2.48. The van der Waals surface area contributed by atoms with Gasteiger partial charge in [-0.15, -0.1) is 0 Å². The summed E-state index contributed by atoms with van der Waals surface area (Å²) in [6, 6.07) is 18.4. The van der Waals surface area contributed by atoms with E-state index in [9.17, 15) is 4.79 Å². The van der Waals surface area contributed by atoms with E-state index >= 15 is 0 Å². The molecule has 2 aromatic rings. The van der Waals surface area contributed by atoms with Gasteiger partial charge in [0.25, 0.3) is 0 Å². The first-order valence-electron chi connectivity index (χ1n) is 9.68. The van der Waals surface area contributed by atoms with Crippen molar-refractivity contribution >= 4 is 23.0 Å². The van der Waals surface area contributed by atoms with E-state index in [2.05, 4.69) is 36.0 Å². The Labute approximate surface area is 162 Å². The van der Waals surface area contributed by atoms with Gasteiger partial charge in [-0.2, -0.15) is 0 Å². The molecule has 2 aromatic carbocycles. The molecular weight excluding hydrogens is 336 g/mol. The fourth-order valence-corrected chi connectivity index (χ4v) is 3.32. The molecule has 1 saturated heterocycles. The number of anilines is 3.